The number of nitro groups is 1. The molecule has 1 N–H and O–H groups in total. The lowest BCUT2D eigenvalue weighted by atomic mass is 9.78. The van der Waals surface area contributed by atoms with Crippen LogP contribution in [-0.2, 0) is 10.3 Å². The molecule has 2 heterocycles. The van der Waals surface area contributed by atoms with E-state index in [1.165, 1.54) is 6.07 Å². The van der Waals surface area contributed by atoms with E-state index < -0.39 is 11.8 Å². The number of nitrogens with one attached hydrogen (secondary N) is 1. The number of aromatic nitrogens is 1. The quantitative estimate of drug-likeness (QED) is 0.225. The van der Waals surface area contributed by atoms with E-state index in [4.69, 9.17) is 4.74 Å². The summed E-state index contributed by atoms with van der Waals surface area (Å²) in [5, 5.41) is 15.0. The number of hydrogen-bond acceptors (Lipinski definition) is 4. The van der Waals surface area contributed by atoms with Crippen LogP contribution < -0.4 is 5.32 Å². The van der Waals surface area contributed by atoms with Crippen LogP contribution in [0.25, 0.3) is 5.69 Å². The highest BCUT2D eigenvalue weighted by atomic mass is 16.6. The first-order valence-electron chi connectivity index (χ1n) is 11.7. The predicted octanol–water partition coefficient (Wildman–Crippen LogP) is 6.82. The van der Waals surface area contributed by atoms with Crippen molar-refractivity contribution >= 4 is 11.4 Å². The molecule has 0 spiro atoms. The van der Waals surface area contributed by atoms with Crippen LogP contribution in [0.15, 0.2) is 128 Å². The van der Waals surface area contributed by atoms with Gasteiger partial charge in [0.15, 0.2) is 6.23 Å². The Bertz CT molecular complexity index is 1490. The largest absolute Gasteiger partial charge is 0.355 e. The second-order valence-corrected chi connectivity index (χ2v) is 8.68. The minimum Gasteiger partial charge on any atom is -0.355 e. The molecule has 176 valence electrons. The standard InChI is InChI=1S/C30H23N3O3/c34-33(35)25-16-9-15-24(21-25)32-20-10-19-28(32)29-31-27-18-8-7-17-26(27)30(36-29,22-11-3-1-4-12-22)23-13-5-2-6-14-23/h1-21,29,31H. The summed E-state index contributed by atoms with van der Waals surface area (Å²) in [4.78, 5) is 11.0. The van der Waals surface area contributed by atoms with Crippen molar-refractivity contribution in [1.82, 2.24) is 4.57 Å². The van der Waals surface area contributed by atoms with Crippen molar-refractivity contribution in [3.8, 4) is 5.69 Å². The average molecular weight is 474 g/mol. The Labute approximate surface area is 208 Å². The van der Waals surface area contributed by atoms with Gasteiger partial charge >= 0.3 is 0 Å². The molecule has 6 nitrogen and oxygen atoms in total. The topological polar surface area (TPSA) is 69.3 Å². The van der Waals surface area contributed by atoms with Crippen LogP contribution in [0.3, 0.4) is 0 Å². The molecule has 6 rings (SSSR count). The van der Waals surface area contributed by atoms with Crippen molar-refractivity contribution in [2.24, 2.45) is 0 Å². The third kappa shape index (κ3) is 3.56. The van der Waals surface area contributed by atoms with Crippen molar-refractivity contribution in [1.29, 1.82) is 0 Å². The van der Waals surface area contributed by atoms with Crippen LogP contribution in [0.5, 0.6) is 0 Å². The Morgan fingerprint density at radius 3 is 2.14 bits per heavy atom. The van der Waals surface area contributed by atoms with Gasteiger partial charge in [0.25, 0.3) is 5.69 Å². The summed E-state index contributed by atoms with van der Waals surface area (Å²) in [6.45, 7) is 0. The van der Waals surface area contributed by atoms with Crippen LogP contribution >= 0.6 is 0 Å². The molecule has 0 fully saturated rings. The second kappa shape index (κ2) is 8.83. The zero-order valence-corrected chi connectivity index (χ0v) is 19.3. The number of hydrogen-bond donors (Lipinski definition) is 1. The zero-order valence-electron chi connectivity index (χ0n) is 19.3. The van der Waals surface area contributed by atoms with Gasteiger partial charge in [-0.1, -0.05) is 84.9 Å². The molecule has 4 aromatic carbocycles. The number of non-ortho nitro benzene ring substituents is 1. The van der Waals surface area contributed by atoms with E-state index in [-0.39, 0.29) is 10.6 Å². The molecule has 0 bridgehead atoms. The van der Waals surface area contributed by atoms with Crippen LogP contribution in [-0.4, -0.2) is 9.49 Å². The van der Waals surface area contributed by atoms with E-state index in [9.17, 15) is 10.1 Å². The van der Waals surface area contributed by atoms with Gasteiger partial charge in [-0.05, 0) is 35.4 Å². The predicted molar refractivity (Wildman–Crippen MR) is 139 cm³/mol. The Morgan fingerprint density at radius 1 is 0.778 bits per heavy atom. The summed E-state index contributed by atoms with van der Waals surface area (Å²) < 4.78 is 9.02. The third-order valence-electron chi connectivity index (χ3n) is 6.62. The summed E-state index contributed by atoms with van der Waals surface area (Å²) in [7, 11) is 0. The highest BCUT2D eigenvalue weighted by Gasteiger charge is 2.45. The number of para-hydroxylation sites is 1. The number of nitrogens with zero attached hydrogens (tertiary/aromatic N) is 2. The molecule has 1 atom stereocenters. The average Bonchev–Trinajstić information content (AvgIpc) is 3.44. The monoisotopic (exact) mass is 473 g/mol. The normalized spacial score (nSPS) is 16.1. The maximum absolute atomic E-state index is 11.4. The molecule has 0 saturated heterocycles. The molecule has 0 radical (unpaired) electrons. The first-order valence-corrected chi connectivity index (χ1v) is 11.7. The van der Waals surface area contributed by atoms with Crippen molar-refractivity contribution in [3.63, 3.8) is 0 Å². The Morgan fingerprint density at radius 2 is 1.44 bits per heavy atom. The second-order valence-electron chi connectivity index (χ2n) is 8.68. The third-order valence-corrected chi connectivity index (χ3v) is 6.62. The van der Waals surface area contributed by atoms with Gasteiger partial charge in [-0.25, -0.2) is 0 Å². The number of fused-ring (bicyclic) bond motifs is 1. The van der Waals surface area contributed by atoms with Gasteiger partial charge < -0.3 is 14.6 Å². The Balaban J connectivity index is 1.55. The van der Waals surface area contributed by atoms with Crippen LogP contribution in [0.1, 0.15) is 28.6 Å². The molecule has 0 amide bonds. The van der Waals surface area contributed by atoms with Gasteiger partial charge in [-0.2, -0.15) is 0 Å². The first kappa shape index (κ1) is 21.8. The van der Waals surface area contributed by atoms with Gasteiger partial charge in [0, 0.05) is 29.6 Å². The van der Waals surface area contributed by atoms with Crippen LogP contribution in [0.4, 0.5) is 11.4 Å². The van der Waals surface area contributed by atoms with Crippen LogP contribution in [0.2, 0.25) is 0 Å². The van der Waals surface area contributed by atoms with E-state index in [1.807, 2.05) is 77.5 Å². The summed E-state index contributed by atoms with van der Waals surface area (Å²) >= 11 is 0. The maximum Gasteiger partial charge on any atom is 0.271 e. The van der Waals surface area contributed by atoms with Crippen molar-refractivity contribution < 1.29 is 9.66 Å². The highest BCUT2D eigenvalue weighted by molar-refractivity contribution is 5.63. The molecule has 0 aliphatic carbocycles. The number of nitro benzene ring substituents is 1. The van der Waals surface area contributed by atoms with E-state index >= 15 is 0 Å². The summed E-state index contributed by atoms with van der Waals surface area (Å²) in [5.74, 6) is 0. The first-order chi connectivity index (χ1) is 17.7. The van der Waals surface area contributed by atoms with E-state index in [0.717, 1.165) is 28.1 Å². The minimum absolute atomic E-state index is 0.0398. The molecule has 1 aliphatic heterocycles. The lowest BCUT2D eigenvalue weighted by Crippen LogP contribution is -2.41. The van der Waals surface area contributed by atoms with Crippen molar-refractivity contribution in [2.75, 3.05) is 5.32 Å². The SMILES string of the molecule is O=[N+]([O-])c1cccc(-n2cccc2C2Nc3ccccc3C(c3ccccc3)(c3ccccc3)O2)c1. The van der Waals surface area contributed by atoms with Gasteiger partial charge in [0.05, 0.1) is 16.3 Å². The highest BCUT2D eigenvalue weighted by Crippen LogP contribution is 2.50. The van der Waals surface area contributed by atoms with E-state index in [2.05, 4.69) is 41.7 Å². The Kier molecular flexibility index (Phi) is 5.36. The molecule has 6 heteroatoms. The van der Waals surface area contributed by atoms with Gasteiger partial charge in [-0.3, -0.25) is 10.1 Å². The fourth-order valence-corrected chi connectivity index (χ4v) is 5.02. The lowest BCUT2D eigenvalue weighted by molar-refractivity contribution is -0.384. The van der Waals surface area contributed by atoms with Gasteiger partial charge in [0.1, 0.15) is 5.60 Å². The molecular weight excluding hydrogens is 450 g/mol. The molecule has 1 aromatic heterocycles. The number of benzene rings is 4. The van der Waals surface area contributed by atoms with E-state index in [0.29, 0.717) is 5.69 Å². The summed E-state index contributed by atoms with van der Waals surface area (Å²) in [6, 6.07) is 39.2. The number of anilines is 1. The minimum atomic E-state index is -0.868. The van der Waals surface area contributed by atoms with Gasteiger partial charge in [-0.15, -0.1) is 0 Å². The number of ether oxygens (including phenoxy) is 1. The van der Waals surface area contributed by atoms with Crippen molar-refractivity contribution in [2.45, 2.75) is 11.8 Å². The fourth-order valence-electron chi connectivity index (χ4n) is 5.02. The molecule has 1 unspecified atom stereocenters. The lowest BCUT2D eigenvalue weighted by Gasteiger charge is -2.44. The zero-order chi connectivity index (χ0) is 24.5. The number of rotatable bonds is 5. The molecular formula is C30H23N3O3. The maximum atomic E-state index is 11.4. The smallest absolute Gasteiger partial charge is 0.271 e. The molecule has 5 aromatic rings. The van der Waals surface area contributed by atoms with E-state index in [1.54, 1.807) is 12.1 Å². The fraction of sp³-hybridized carbons (Fsp3) is 0.0667. The molecule has 1 aliphatic rings. The summed E-state index contributed by atoms with van der Waals surface area (Å²) in [6.07, 6.45) is 1.36. The van der Waals surface area contributed by atoms with Crippen LogP contribution in [0, 0.1) is 10.1 Å². The van der Waals surface area contributed by atoms with Gasteiger partial charge in [0.2, 0.25) is 0 Å². The molecule has 36 heavy (non-hydrogen) atoms. The molecule has 0 saturated carbocycles. The summed E-state index contributed by atoms with van der Waals surface area (Å²) in [5.41, 5.74) is 4.72. The Hall–Kier alpha value is -4.68. The van der Waals surface area contributed by atoms with Crippen molar-refractivity contribution in [3.05, 3.63) is 160 Å².